The Morgan fingerprint density at radius 2 is 2.14 bits per heavy atom. The van der Waals surface area contributed by atoms with E-state index < -0.39 is 0 Å². The summed E-state index contributed by atoms with van der Waals surface area (Å²) in [6.07, 6.45) is 2.49. The smallest absolute Gasteiger partial charge is 0.188 e. The highest BCUT2D eigenvalue weighted by atomic mass is 32.2. The van der Waals surface area contributed by atoms with Crippen molar-refractivity contribution in [1.82, 2.24) is 5.32 Å². The molecule has 0 aromatic rings. The van der Waals surface area contributed by atoms with Crippen LogP contribution < -0.4 is 11.1 Å². The zero-order chi connectivity index (χ0) is 10.6. The number of hydrogen-bond acceptors (Lipinski definition) is 2. The first-order valence-electron chi connectivity index (χ1n) is 5.18. The molecule has 14 heavy (non-hydrogen) atoms. The van der Waals surface area contributed by atoms with E-state index in [2.05, 4.69) is 31.1 Å². The van der Waals surface area contributed by atoms with Gasteiger partial charge in [-0.05, 0) is 12.8 Å². The third-order valence-corrected chi connectivity index (χ3v) is 3.09. The summed E-state index contributed by atoms with van der Waals surface area (Å²) in [6, 6.07) is 0.606. The highest BCUT2D eigenvalue weighted by molar-refractivity contribution is 8.00. The van der Waals surface area contributed by atoms with Gasteiger partial charge in [-0.25, -0.2) is 0 Å². The van der Waals surface area contributed by atoms with Gasteiger partial charge in [-0.15, -0.1) is 0 Å². The molecule has 0 bridgehead atoms. The van der Waals surface area contributed by atoms with E-state index in [9.17, 15) is 0 Å². The number of nitrogens with one attached hydrogen (secondary N) is 1. The van der Waals surface area contributed by atoms with Crippen LogP contribution in [-0.4, -0.2) is 29.0 Å². The Hall–Kier alpha value is -0.380. The Morgan fingerprint density at radius 3 is 2.64 bits per heavy atom. The Morgan fingerprint density at radius 1 is 1.50 bits per heavy atom. The van der Waals surface area contributed by atoms with Crippen molar-refractivity contribution in [2.24, 2.45) is 10.7 Å². The number of nitrogens with zero attached hydrogens (tertiary/aromatic N) is 1. The van der Waals surface area contributed by atoms with Crippen LogP contribution >= 0.6 is 11.8 Å². The SMILES string of the molecule is CC(C)(C)SCCN=C(N)NC1CC1. The number of hydrogen-bond donors (Lipinski definition) is 2. The molecule has 1 saturated carbocycles. The van der Waals surface area contributed by atoms with Crippen molar-refractivity contribution in [3.63, 3.8) is 0 Å². The molecule has 0 radical (unpaired) electrons. The van der Waals surface area contributed by atoms with Gasteiger partial charge in [-0.1, -0.05) is 20.8 Å². The van der Waals surface area contributed by atoms with Crippen LogP contribution in [0.4, 0.5) is 0 Å². The zero-order valence-corrected chi connectivity index (χ0v) is 10.2. The number of thioether (sulfide) groups is 1. The van der Waals surface area contributed by atoms with Gasteiger partial charge in [-0.3, -0.25) is 4.99 Å². The molecule has 0 spiro atoms. The Bertz CT molecular complexity index is 204. The molecular weight excluding hydrogens is 194 g/mol. The second-order valence-electron chi connectivity index (χ2n) is 4.65. The second kappa shape index (κ2) is 4.91. The van der Waals surface area contributed by atoms with Crippen LogP contribution in [0, 0.1) is 0 Å². The molecule has 3 N–H and O–H groups in total. The van der Waals surface area contributed by atoms with Crippen LogP contribution in [0.15, 0.2) is 4.99 Å². The summed E-state index contributed by atoms with van der Waals surface area (Å²) in [5.74, 6) is 1.65. The van der Waals surface area contributed by atoms with Crippen molar-refractivity contribution in [2.75, 3.05) is 12.3 Å². The topological polar surface area (TPSA) is 50.4 Å². The molecule has 1 aliphatic rings. The molecule has 0 amide bonds. The van der Waals surface area contributed by atoms with E-state index in [0.717, 1.165) is 12.3 Å². The Labute approximate surface area is 90.9 Å². The lowest BCUT2D eigenvalue weighted by atomic mass is 10.3. The lowest BCUT2D eigenvalue weighted by molar-refractivity contribution is 0.801. The minimum Gasteiger partial charge on any atom is -0.370 e. The molecular formula is C10H21N3S. The summed E-state index contributed by atoms with van der Waals surface area (Å²) in [7, 11) is 0. The molecule has 0 aliphatic heterocycles. The summed E-state index contributed by atoms with van der Waals surface area (Å²) in [4.78, 5) is 4.27. The van der Waals surface area contributed by atoms with Gasteiger partial charge in [0.2, 0.25) is 0 Å². The zero-order valence-electron chi connectivity index (χ0n) is 9.34. The highest BCUT2D eigenvalue weighted by Crippen LogP contribution is 2.22. The van der Waals surface area contributed by atoms with E-state index in [-0.39, 0.29) is 0 Å². The Kier molecular flexibility index (Phi) is 4.11. The van der Waals surface area contributed by atoms with Crippen molar-refractivity contribution in [3.8, 4) is 0 Å². The molecule has 1 aliphatic carbocycles. The van der Waals surface area contributed by atoms with Crippen LogP contribution in [0.1, 0.15) is 33.6 Å². The van der Waals surface area contributed by atoms with Gasteiger partial charge in [0.1, 0.15) is 0 Å². The summed E-state index contributed by atoms with van der Waals surface area (Å²) in [5.41, 5.74) is 5.69. The van der Waals surface area contributed by atoms with E-state index in [1.165, 1.54) is 12.8 Å². The predicted molar refractivity (Wildman–Crippen MR) is 64.9 cm³/mol. The monoisotopic (exact) mass is 215 g/mol. The largest absolute Gasteiger partial charge is 0.370 e. The van der Waals surface area contributed by atoms with Crippen molar-refractivity contribution >= 4 is 17.7 Å². The summed E-state index contributed by atoms with van der Waals surface area (Å²) >= 11 is 1.92. The van der Waals surface area contributed by atoms with Gasteiger partial charge >= 0.3 is 0 Å². The highest BCUT2D eigenvalue weighted by Gasteiger charge is 2.21. The van der Waals surface area contributed by atoms with Gasteiger partial charge in [0.05, 0.1) is 6.54 Å². The maximum absolute atomic E-state index is 5.69. The van der Waals surface area contributed by atoms with E-state index in [1.54, 1.807) is 0 Å². The minimum absolute atomic E-state index is 0.328. The quantitative estimate of drug-likeness (QED) is 0.425. The average molecular weight is 215 g/mol. The van der Waals surface area contributed by atoms with Crippen molar-refractivity contribution in [1.29, 1.82) is 0 Å². The normalized spacial score (nSPS) is 18.4. The van der Waals surface area contributed by atoms with Crippen LogP contribution in [0.3, 0.4) is 0 Å². The first-order valence-corrected chi connectivity index (χ1v) is 6.16. The fourth-order valence-corrected chi connectivity index (χ4v) is 1.80. The molecule has 1 fully saturated rings. The van der Waals surface area contributed by atoms with E-state index in [0.29, 0.717) is 16.7 Å². The molecule has 0 aromatic carbocycles. The standard InChI is InChI=1S/C10H21N3S/c1-10(2,3)14-7-6-12-9(11)13-8-4-5-8/h8H,4-7H2,1-3H3,(H3,11,12,13). The number of nitrogens with two attached hydrogens (primary N) is 1. The molecule has 0 unspecified atom stereocenters. The lowest BCUT2D eigenvalue weighted by Crippen LogP contribution is -2.33. The summed E-state index contributed by atoms with van der Waals surface area (Å²) in [6.45, 7) is 7.46. The van der Waals surface area contributed by atoms with E-state index in [4.69, 9.17) is 5.73 Å². The van der Waals surface area contributed by atoms with Gasteiger partial charge in [-0.2, -0.15) is 11.8 Å². The molecule has 0 heterocycles. The molecule has 4 heteroatoms. The number of rotatable bonds is 4. The molecule has 0 saturated heterocycles. The van der Waals surface area contributed by atoms with Crippen LogP contribution in [0.5, 0.6) is 0 Å². The van der Waals surface area contributed by atoms with Crippen molar-refractivity contribution in [3.05, 3.63) is 0 Å². The van der Waals surface area contributed by atoms with E-state index >= 15 is 0 Å². The molecule has 0 atom stereocenters. The van der Waals surface area contributed by atoms with Gasteiger partial charge in [0.15, 0.2) is 5.96 Å². The fraction of sp³-hybridized carbons (Fsp3) is 0.900. The number of aliphatic imine (C=N–C) groups is 1. The second-order valence-corrected chi connectivity index (χ2v) is 6.57. The first-order chi connectivity index (χ1) is 6.47. The van der Waals surface area contributed by atoms with Crippen LogP contribution in [0.2, 0.25) is 0 Å². The van der Waals surface area contributed by atoms with Crippen LogP contribution in [-0.2, 0) is 0 Å². The van der Waals surface area contributed by atoms with Crippen LogP contribution in [0.25, 0.3) is 0 Å². The predicted octanol–water partition coefficient (Wildman–Crippen LogP) is 1.58. The lowest BCUT2D eigenvalue weighted by Gasteiger charge is -2.16. The molecule has 3 nitrogen and oxygen atoms in total. The third-order valence-electron chi connectivity index (χ3n) is 1.84. The van der Waals surface area contributed by atoms with Gasteiger partial charge < -0.3 is 11.1 Å². The minimum atomic E-state index is 0.328. The fourth-order valence-electron chi connectivity index (χ4n) is 1.00. The molecule has 0 aromatic heterocycles. The third kappa shape index (κ3) is 6.13. The van der Waals surface area contributed by atoms with E-state index in [1.807, 2.05) is 11.8 Å². The molecule has 82 valence electrons. The first kappa shape index (κ1) is 11.7. The number of guanidine groups is 1. The van der Waals surface area contributed by atoms with Crippen molar-refractivity contribution in [2.45, 2.75) is 44.4 Å². The molecule has 1 rings (SSSR count). The van der Waals surface area contributed by atoms with Gasteiger partial charge in [0, 0.05) is 16.5 Å². The summed E-state index contributed by atoms with van der Waals surface area (Å²) in [5, 5.41) is 3.17. The summed E-state index contributed by atoms with van der Waals surface area (Å²) < 4.78 is 0.328. The maximum atomic E-state index is 5.69. The average Bonchev–Trinajstić information content (AvgIpc) is 2.80. The Balaban J connectivity index is 2.06. The van der Waals surface area contributed by atoms with Crippen molar-refractivity contribution < 1.29 is 0 Å². The maximum Gasteiger partial charge on any atom is 0.188 e. The van der Waals surface area contributed by atoms with Gasteiger partial charge in [0.25, 0.3) is 0 Å².